The Bertz CT molecular complexity index is 844. The van der Waals surface area contributed by atoms with E-state index < -0.39 is 0 Å². The summed E-state index contributed by atoms with van der Waals surface area (Å²) in [7, 11) is 3.56. The van der Waals surface area contributed by atoms with Gasteiger partial charge in [-0.3, -0.25) is 4.79 Å². The van der Waals surface area contributed by atoms with Crippen molar-refractivity contribution in [3.05, 3.63) is 65.3 Å². The van der Waals surface area contributed by atoms with Crippen LogP contribution in [0, 0.1) is 12.8 Å². The minimum absolute atomic E-state index is 0.170. The van der Waals surface area contributed by atoms with E-state index in [1.54, 1.807) is 12.0 Å². The molecule has 5 heteroatoms. The molecular weight excluding hydrogens is 424 g/mol. The first-order chi connectivity index (χ1) is 16.4. The van der Waals surface area contributed by atoms with Gasteiger partial charge in [0.1, 0.15) is 12.4 Å². The first-order valence-electron chi connectivity index (χ1n) is 12.6. The molecule has 0 aromatic heterocycles. The first-order valence-corrected chi connectivity index (χ1v) is 12.6. The molecule has 0 radical (unpaired) electrons. The maximum absolute atomic E-state index is 12.6. The van der Waals surface area contributed by atoms with Crippen LogP contribution in [0.25, 0.3) is 0 Å². The minimum Gasteiger partial charge on any atom is -0.491 e. The number of benzene rings is 1. The standard InChI is InChI=1S/C29H44N2O3/c1-6-31(17-15-24(2)21-26-11-9-7-8-10-12-26)18-16-29(32)30(4)19-20-34-28-14-13-27(23-33-5)22-25(28)3/h7-9,11-14,22,24H,6,10,15-21,23H2,1-5H3. The highest BCUT2D eigenvalue weighted by Crippen LogP contribution is 2.20. The third kappa shape index (κ3) is 10.3. The van der Waals surface area contributed by atoms with Crippen LogP contribution in [0.1, 0.15) is 50.7 Å². The van der Waals surface area contributed by atoms with E-state index in [1.807, 2.05) is 26.1 Å². The van der Waals surface area contributed by atoms with E-state index in [0.717, 1.165) is 55.8 Å². The van der Waals surface area contributed by atoms with Crippen LogP contribution in [-0.2, 0) is 16.1 Å². The summed E-state index contributed by atoms with van der Waals surface area (Å²) in [6, 6.07) is 6.07. The Labute approximate surface area is 207 Å². The summed E-state index contributed by atoms with van der Waals surface area (Å²) in [5.74, 6) is 1.66. The van der Waals surface area contributed by atoms with E-state index in [-0.39, 0.29) is 5.91 Å². The SMILES string of the molecule is CCN(CCC(=O)N(C)CCOc1ccc(COC)cc1C)CCC(C)CC1=CCC=CC=C1. The quantitative estimate of drug-likeness (QED) is 0.338. The summed E-state index contributed by atoms with van der Waals surface area (Å²) in [6.45, 7) is 11.0. The molecule has 1 aromatic carbocycles. The van der Waals surface area contributed by atoms with Crippen molar-refractivity contribution in [3.63, 3.8) is 0 Å². The van der Waals surface area contributed by atoms with Gasteiger partial charge in [0.15, 0.2) is 0 Å². The summed E-state index contributed by atoms with van der Waals surface area (Å²) < 4.78 is 11.1. The largest absolute Gasteiger partial charge is 0.491 e. The second kappa shape index (κ2) is 15.5. The maximum Gasteiger partial charge on any atom is 0.223 e. The zero-order chi connectivity index (χ0) is 24.8. The van der Waals surface area contributed by atoms with E-state index in [2.05, 4.69) is 55.2 Å². The van der Waals surface area contributed by atoms with E-state index in [1.165, 1.54) is 5.57 Å². The first kappa shape index (κ1) is 27.9. The molecule has 1 aromatic rings. The molecule has 1 amide bonds. The van der Waals surface area contributed by atoms with Crippen molar-refractivity contribution in [2.24, 2.45) is 5.92 Å². The summed E-state index contributed by atoms with van der Waals surface area (Å²) in [5.41, 5.74) is 3.64. The summed E-state index contributed by atoms with van der Waals surface area (Å²) in [6.07, 6.45) is 14.8. The molecule has 0 heterocycles. The highest BCUT2D eigenvalue weighted by atomic mass is 16.5. The molecule has 2 rings (SSSR count). The van der Waals surface area contributed by atoms with Crippen LogP contribution in [0.3, 0.4) is 0 Å². The van der Waals surface area contributed by atoms with Gasteiger partial charge in [0.2, 0.25) is 5.91 Å². The number of ether oxygens (including phenoxy) is 2. The zero-order valence-corrected chi connectivity index (χ0v) is 21.9. The number of aryl methyl sites for hydroxylation is 1. The molecule has 1 aliphatic carbocycles. The van der Waals surface area contributed by atoms with Gasteiger partial charge in [-0.15, -0.1) is 0 Å². The molecule has 188 valence electrons. The fourth-order valence-electron chi connectivity index (χ4n) is 4.10. The average molecular weight is 469 g/mol. The molecule has 1 atom stereocenters. The third-order valence-electron chi connectivity index (χ3n) is 6.35. The van der Waals surface area contributed by atoms with Gasteiger partial charge < -0.3 is 19.3 Å². The number of nitrogens with zero attached hydrogens (tertiary/aromatic N) is 2. The smallest absolute Gasteiger partial charge is 0.223 e. The Morgan fingerprint density at radius 1 is 1.18 bits per heavy atom. The Morgan fingerprint density at radius 2 is 2.00 bits per heavy atom. The zero-order valence-electron chi connectivity index (χ0n) is 21.9. The minimum atomic E-state index is 0.170. The Hall–Kier alpha value is -2.37. The lowest BCUT2D eigenvalue weighted by Gasteiger charge is -2.24. The predicted molar refractivity (Wildman–Crippen MR) is 141 cm³/mol. The van der Waals surface area contributed by atoms with Crippen molar-refractivity contribution in [3.8, 4) is 5.75 Å². The summed E-state index contributed by atoms with van der Waals surface area (Å²) in [4.78, 5) is 16.8. The maximum atomic E-state index is 12.6. The van der Waals surface area contributed by atoms with E-state index >= 15 is 0 Å². The van der Waals surface area contributed by atoms with E-state index in [9.17, 15) is 4.79 Å². The van der Waals surface area contributed by atoms with Gasteiger partial charge in [-0.1, -0.05) is 61.9 Å². The van der Waals surface area contributed by atoms with Gasteiger partial charge in [0.05, 0.1) is 13.2 Å². The third-order valence-corrected chi connectivity index (χ3v) is 6.35. The monoisotopic (exact) mass is 468 g/mol. The van der Waals surface area contributed by atoms with Crippen molar-refractivity contribution in [1.82, 2.24) is 9.80 Å². The lowest BCUT2D eigenvalue weighted by Crippen LogP contribution is -2.35. The number of carbonyl (C=O) groups is 1. The van der Waals surface area contributed by atoms with Gasteiger partial charge in [-0.05, 0) is 62.4 Å². The molecular formula is C29H44N2O3. The van der Waals surface area contributed by atoms with Gasteiger partial charge >= 0.3 is 0 Å². The number of allylic oxidation sites excluding steroid dienone is 6. The Morgan fingerprint density at radius 3 is 2.74 bits per heavy atom. The molecule has 0 N–H and O–H groups in total. The molecule has 0 bridgehead atoms. The average Bonchev–Trinajstić information content (AvgIpc) is 3.09. The van der Waals surface area contributed by atoms with Crippen LogP contribution < -0.4 is 4.74 Å². The highest BCUT2D eigenvalue weighted by Gasteiger charge is 2.13. The molecule has 34 heavy (non-hydrogen) atoms. The van der Waals surface area contributed by atoms with Crippen LogP contribution in [0.15, 0.2) is 54.2 Å². The molecule has 0 fully saturated rings. The normalized spacial score (nSPS) is 14.1. The number of hydrogen-bond donors (Lipinski definition) is 0. The molecule has 1 aliphatic rings. The number of methoxy groups -OCH3 is 1. The molecule has 5 nitrogen and oxygen atoms in total. The highest BCUT2D eigenvalue weighted by molar-refractivity contribution is 5.76. The fourth-order valence-corrected chi connectivity index (χ4v) is 4.10. The molecule has 0 saturated carbocycles. The number of hydrogen-bond acceptors (Lipinski definition) is 4. The fraction of sp³-hybridized carbons (Fsp3) is 0.552. The predicted octanol–water partition coefficient (Wildman–Crippen LogP) is 5.55. The van der Waals surface area contributed by atoms with Crippen molar-refractivity contribution >= 4 is 5.91 Å². The lowest BCUT2D eigenvalue weighted by molar-refractivity contribution is -0.130. The number of rotatable bonds is 15. The van der Waals surface area contributed by atoms with Crippen molar-refractivity contribution in [2.45, 2.75) is 53.1 Å². The Kier molecular flexibility index (Phi) is 12.7. The van der Waals surface area contributed by atoms with Crippen LogP contribution in [0.5, 0.6) is 5.75 Å². The summed E-state index contributed by atoms with van der Waals surface area (Å²) >= 11 is 0. The molecule has 0 aliphatic heterocycles. The van der Waals surface area contributed by atoms with Gasteiger partial charge in [-0.2, -0.15) is 0 Å². The lowest BCUT2D eigenvalue weighted by atomic mass is 9.97. The van der Waals surface area contributed by atoms with E-state index in [0.29, 0.717) is 32.1 Å². The summed E-state index contributed by atoms with van der Waals surface area (Å²) in [5, 5.41) is 0. The van der Waals surface area contributed by atoms with E-state index in [4.69, 9.17) is 9.47 Å². The molecule has 0 saturated heterocycles. The Balaban J connectivity index is 1.67. The number of likely N-dealkylation sites (N-methyl/N-ethyl adjacent to an activating group) is 1. The van der Waals surface area contributed by atoms with Crippen LogP contribution in [-0.4, -0.2) is 62.7 Å². The molecule has 0 spiro atoms. The number of carbonyl (C=O) groups excluding carboxylic acids is 1. The van der Waals surface area contributed by atoms with Gasteiger partial charge in [0.25, 0.3) is 0 Å². The van der Waals surface area contributed by atoms with Crippen LogP contribution >= 0.6 is 0 Å². The van der Waals surface area contributed by atoms with Crippen molar-refractivity contribution < 1.29 is 14.3 Å². The second-order valence-electron chi connectivity index (χ2n) is 9.28. The van der Waals surface area contributed by atoms with Crippen LogP contribution in [0.2, 0.25) is 0 Å². The van der Waals surface area contributed by atoms with Crippen LogP contribution in [0.4, 0.5) is 0 Å². The van der Waals surface area contributed by atoms with Crippen molar-refractivity contribution in [2.75, 3.05) is 46.9 Å². The van der Waals surface area contributed by atoms with Crippen molar-refractivity contribution in [1.29, 1.82) is 0 Å². The molecule has 1 unspecified atom stereocenters. The topological polar surface area (TPSA) is 42.0 Å². The second-order valence-corrected chi connectivity index (χ2v) is 9.28. The van der Waals surface area contributed by atoms with Gasteiger partial charge in [-0.25, -0.2) is 0 Å². The van der Waals surface area contributed by atoms with Gasteiger partial charge in [0, 0.05) is 27.1 Å². The number of amides is 1.